The molecule has 1 rings (SSSR count). The highest BCUT2D eigenvalue weighted by Gasteiger charge is 2.59. The summed E-state index contributed by atoms with van der Waals surface area (Å²) >= 11 is 0. The van der Waals surface area contributed by atoms with E-state index in [2.05, 4.69) is 18.0 Å². The SMILES string of the molecule is C=S(C)C(C#N)(C(=O)OC)C(C#N)(CC)c1ccccc1. The lowest BCUT2D eigenvalue weighted by molar-refractivity contribution is -0.143. The summed E-state index contributed by atoms with van der Waals surface area (Å²) in [5.41, 5.74) is -0.666. The second-order valence-electron chi connectivity index (χ2n) is 4.66. The highest BCUT2D eigenvalue weighted by molar-refractivity contribution is 8.15. The molecule has 0 heterocycles. The number of nitrogens with zero attached hydrogens (tertiary/aromatic N) is 2. The predicted octanol–water partition coefficient (Wildman–Crippen LogP) is 2.62. The van der Waals surface area contributed by atoms with E-state index in [-0.39, 0.29) is 0 Å². The summed E-state index contributed by atoms with van der Waals surface area (Å²) in [7, 11) is 0.306. The fourth-order valence-electron chi connectivity index (χ4n) is 2.58. The van der Waals surface area contributed by atoms with Crippen molar-refractivity contribution in [3.05, 3.63) is 35.9 Å². The summed E-state index contributed by atoms with van der Waals surface area (Å²) in [6, 6.07) is 13.2. The third kappa shape index (κ3) is 2.34. The van der Waals surface area contributed by atoms with Crippen LogP contribution in [-0.4, -0.2) is 30.0 Å². The molecule has 5 heteroatoms. The van der Waals surface area contributed by atoms with Gasteiger partial charge in [0.15, 0.2) is 0 Å². The quantitative estimate of drug-likeness (QED) is 0.619. The Kier molecular flexibility index (Phi) is 5.29. The van der Waals surface area contributed by atoms with E-state index in [0.717, 1.165) is 0 Å². The van der Waals surface area contributed by atoms with E-state index in [1.165, 1.54) is 7.11 Å². The standard InChI is InChI=1S/C16H18N2O2S/c1-5-15(11-17,13-9-7-6-8-10-13)16(12-18,21(3)4)14(19)20-2/h6-10H,3,5H2,1-2,4H3. The Morgan fingerprint density at radius 3 is 2.24 bits per heavy atom. The molecule has 0 spiro atoms. The molecule has 0 radical (unpaired) electrons. The minimum Gasteiger partial charge on any atom is -0.467 e. The van der Waals surface area contributed by atoms with Crippen LogP contribution in [0.1, 0.15) is 18.9 Å². The van der Waals surface area contributed by atoms with Gasteiger partial charge >= 0.3 is 5.97 Å². The molecule has 0 amide bonds. The van der Waals surface area contributed by atoms with Gasteiger partial charge in [-0.05, 0) is 18.2 Å². The Morgan fingerprint density at radius 1 is 1.33 bits per heavy atom. The molecule has 0 N–H and O–H groups in total. The van der Waals surface area contributed by atoms with Crippen molar-refractivity contribution in [1.82, 2.24) is 0 Å². The van der Waals surface area contributed by atoms with Crippen LogP contribution < -0.4 is 0 Å². The first-order valence-electron chi connectivity index (χ1n) is 6.39. The van der Waals surface area contributed by atoms with Crippen molar-refractivity contribution in [1.29, 1.82) is 10.5 Å². The van der Waals surface area contributed by atoms with Gasteiger partial charge in [0.1, 0.15) is 5.41 Å². The molecular weight excluding hydrogens is 284 g/mol. The number of hydrogen-bond donors (Lipinski definition) is 0. The van der Waals surface area contributed by atoms with Crippen LogP contribution >= 0.6 is 10.5 Å². The molecule has 0 bridgehead atoms. The molecular formula is C16H18N2O2S. The van der Waals surface area contributed by atoms with Gasteiger partial charge in [-0.2, -0.15) is 21.0 Å². The molecule has 110 valence electrons. The number of methoxy groups -OCH3 is 1. The number of carbonyl (C=O) groups excluding carboxylic acids is 1. The molecule has 4 nitrogen and oxygen atoms in total. The lowest BCUT2D eigenvalue weighted by atomic mass is 9.69. The molecule has 0 aliphatic rings. The van der Waals surface area contributed by atoms with Gasteiger partial charge in [0.25, 0.3) is 0 Å². The molecule has 0 aromatic heterocycles. The summed E-state index contributed by atoms with van der Waals surface area (Å²) in [5.74, 6) is 3.18. The van der Waals surface area contributed by atoms with E-state index in [4.69, 9.17) is 4.74 Å². The highest BCUT2D eigenvalue weighted by Crippen LogP contribution is 2.48. The maximum Gasteiger partial charge on any atom is 0.338 e. The van der Waals surface area contributed by atoms with Gasteiger partial charge in [0.05, 0.1) is 19.2 Å². The number of ether oxygens (including phenoxy) is 1. The van der Waals surface area contributed by atoms with Gasteiger partial charge in [0.2, 0.25) is 4.75 Å². The number of esters is 1. The predicted molar refractivity (Wildman–Crippen MR) is 85.0 cm³/mol. The van der Waals surface area contributed by atoms with Crippen LogP contribution in [0, 0.1) is 22.7 Å². The van der Waals surface area contributed by atoms with Crippen LogP contribution in [0.15, 0.2) is 30.3 Å². The lowest BCUT2D eigenvalue weighted by Crippen LogP contribution is -2.54. The van der Waals surface area contributed by atoms with Crippen LogP contribution in [0.3, 0.4) is 0 Å². The molecule has 0 saturated carbocycles. The molecule has 0 aliphatic heterocycles. The first kappa shape index (κ1) is 16.9. The fourth-order valence-corrected chi connectivity index (χ4v) is 4.00. The van der Waals surface area contributed by atoms with Crippen molar-refractivity contribution in [3.8, 4) is 12.1 Å². The summed E-state index contributed by atoms with van der Waals surface area (Å²) < 4.78 is 3.22. The fraction of sp³-hybridized carbons (Fsp3) is 0.375. The van der Waals surface area contributed by atoms with Crippen molar-refractivity contribution in [3.63, 3.8) is 0 Å². The second kappa shape index (κ2) is 6.56. The number of rotatable bonds is 5. The number of benzene rings is 1. The van der Waals surface area contributed by atoms with Gasteiger partial charge < -0.3 is 4.74 Å². The molecule has 0 aliphatic carbocycles. The maximum atomic E-state index is 12.4. The molecule has 3 unspecified atom stereocenters. The Balaban J connectivity index is 3.80. The molecule has 1 aromatic carbocycles. The van der Waals surface area contributed by atoms with Crippen molar-refractivity contribution in [2.45, 2.75) is 23.5 Å². The first-order chi connectivity index (χ1) is 9.96. The van der Waals surface area contributed by atoms with E-state index >= 15 is 0 Å². The van der Waals surface area contributed by atoms with Gasteiger partial charge in [-0.3, -0.25) is 0 Å². The van der Waals surface area contributed by atoms with Crippen molar-refractivity contribution in [2.75, 3.05) is 13.4 Å². The summed E-state index contributed by atoms with van der Waals surface area (Å²) in [5, 5.41) is 19.6. The van der Waals surface area contributed by atoms with Crippen molar-refractivity contribution >= 4 is 22.3 Å². The van der Waals surface area contributed by atoms with Crippen molar-refractivity contribution in [2.24, 2.45) is 0 Å². The smallest absolute Gasteiger partial charge is 0.338 e. The van der Waals surface area contributed by atoms with E-state index in [1.54, 1.807) is 37.4 Å². The summed E-state index contributed by atoms with van der Waals surface area (Å²) in [6.07, 6.45) is 1.99. The van der Waals surface area contributed by atoms with E-state index in [9.17, 15) is 15.3 Å². The Morgan fingerprint density at radius 2 is 1.90 bits per heavy atom. The zero-order valence-electron chi connectivity index (χ0n) is 12.4. The highest BCUT2D eigenvalue weighted by atomic mass is 32.2. The van der Waals surface area contributed by atoms with Crippen LogP contribution in [-0.2, 0) is 14.9 Å². The zero-order chi connectivity index (χ0) is 16.1. The third-order valence-electron chi connectivity index (χ3n) is 3.74. The maximum absolute atomic E-state index is 12.4. The van der Waals surface area contributed by atoms with E-state index in [0.29, 0.717) is 12.0 Å². The molecule has 1 aromatic rings. The summed E-state index contributed by atoms with van der Waals surface area (Å²) in [6.45, 7) is 1.79. The number of nitriles is 2. The Bertz CT molecular complexity index is 630. The topological polar surface area (TPSA) is 73.9 Å². The van der Waals surface area contributed by atoms with Gasteiger partial charge in [0, 0.05) is 0 Å². The minimum absolute atomic E-state index is 0.309. The van der Waals surface area contributed by atoms with Gasteiger partial charge in [-0.25, -0.2) is 4.79 Å². The number of carbonyl (C=O) groups is 1. The summed E-state index contributed by atoms with van der Waals surface area (Å²) in [4.78, 5) is 12.4. The normalized spacial score (nSPS) is 17.4. The molecule has 3 atom stereocenters. The second-order valence-corrected chi connectivity index (χ2v) is 6.55. The first-order valence-corrected chi connectivity index (χ1v) is 8.19. The Hall–Kier alpha value is -2.11. The van der Waals surface area contributed by atoms with Crippen LogP contribution in [0.4, 0.5) is 0 Å². The largest absolute Gasteiger partial charge is 0.467 e. The molecule has 0 fully saturated rings. The minimum atomic E-state index is -1.63. The zero-order valence-corrected chi connectivity index (χ0v) is 13.2. The van der Waals surface area contributed by atoms with Gasteiger partial charge in [-0.15, -0.1) is 0 Å². The van der Waals surface area contributed by atoms with Crippen molar-refractivity contribution < 1.29 is 9.53 Å². The molecule has 21 heavy (non-hydrogen) atoms. The van der Waals surface area contributed by atoms with Gasteiger partial charge in [-0.1, -0.05) is 43.1 Å². The number of hydrogen-bond acceptors (Lipinski definition) is 4. The van der Waals surface area contributed by atoms with Crippen LogP contribution in [0.5, 0.6) is 0 Å². The lowest BCUT2D eigenvalue weighted by Gasteiger charge is -2.40. The van der Waals surface area contributed by atoms with E-state index < -0.39 is 26.6 Å². The molecule has 0 saturated heterocycles. The van der Waals surface area contributed by atoms with Crippen LogP contribution in [0.25, 0.3) is 0 Å². The monoisotopic (exact) mass is 302 g/mol. The average Bonchev–Trinajstić information content (AvgIpc) is 2.52. The third-order valence-corrected chi connectivity index (χ3v) is 5.39. The Labute approximate surface area is 127 Å². The average molecular weight is 302 g/mol. The van der Waals surface area contributed by atoms with E-state index in [1.807, 2.05) is 6.07 Å². The van der Waals surface area contributed by atoms with Crippen LogP contribution in [0.2, 0.25) is 0 Å².